The van der Waals surface area contributed by atoms with Gasteiger partial charge in [-0.25, -0.2) is 0 Å². The van der Waals surface area contributed by atoms with Crippen LogP contribution >= 0.6 is 0 Å². The van der Waals surface area contributed by atoms with Gasteiger partial charge in [0, 0.05) is 0 Å². The van der Waals surface area contributed by atoms with Gasteiger partial charge in [-0.15, -0.1) is 0 Å². The van der Waals surface area contributed by atoms with E-state index in [2.05, 4.69) is 0 Å². The second-order valence-corrected chi connectivity index (χ2v) is 188. The van der Waals surface area contributed by atoms with Crippen LogP contribution < -0.4 is 0 Å². The van der Waals surface area contributed by atoms with Crippen molar-refractivity contribution in [2.24, 2.45) is 0 Å². The zero-order chi connectivity index (χ0) is 76.6. The molecule has 2 heterocycles. The van der Waals surface area contributed by atoms with Crippen molar-refractivity contribution in [2.75, 3.05) is 0 Å². The van der Waals surface area contributed by atoms with E-state index < -0.39 is 734 Å². The summed E-state index contributed by atoms with van der Waals surface area (Å²) in [4.78, 5) is 0. The molecule has 2 fully saturated rings. The van der Waals surface area contributed by atoms with Crippen molar-refractivity contribution < 1.29 is 151 Å². The zero-order valence-corrected chi connectivity index (χ0v) is 170. The Morgan fingerprint density at radius 2 is 0.467 bits per heavy atom. The molecule has 2 rings (SSSR count). The van der Waals surface area contributed by atoms with Crippen LogP contribution in [0.3, 0.4) is 0 Å². The molecule has 2 aliphatic heterocycles. The van der Waals surface area contributed by atoms with Crippen LogP contribution in [0.2, 0.25) is 0 Å². The number of rotatable bonds is 81. The molecule has 0 aromatic heterocycles. The van der Waals surface area contributed by atoms with E-state index in [4.69, 9.17) is 151 Å². The molecule has 0 aromatic carbocycles. The quantitative estimate of drug-likeness (QED) is 0.0403. The first-order valence-electron chi connectivity index (χ1n) is 22.9. The first-order valence-corrected chi connectivity index (χ1v) is 119. The van der Waals surface area contributed by atoms with Gasteiger partial charge in [0.25, 0.3) is 0 Å². The van der Waals surface area contributed by atoms with Gasteiger partial charge in [0.15, 0.2) is 0 Å². The Labute approximate surface area is 978 Å². The molecule has 0 amide bonds. The van der Waals surface area contributed by atoms with Crippen molar-refractivity contribution in [2.45, 2.75) is 0 Å². The average molecular weight is 4720 g/mol. The fourth-order valence-electron chi connectivity index (χ4n) is 2.88. The van der Waals surface area contributed by atoms with E-state index in [-0.39, 0.29) is 67.4 Å². The number of hydrogen-bond donors (Lipinski definition) is 0. The normalized spacial score (nSPS) is 17.0. The van der Waals surface area contributed by atoms with E-state index in [1.165, 1.54) is 0 Å². The summed E-state index contributed by atoms with van der Waals surface area (Å²) in [5.41, 5.74) is 0. The Bertz CT molecular complexity index is 1740. The fourth-order valence-corrected chi connectivity index (χ4v) is 257. The van der Waals surface area contributed by atoms with E-state index in [0.717, 1.165) is 0 Å². The Morgan fingerprint density at radius 3 is 0.748 bits per heavy atom. The van der Waals surface area contributed by atoms with Crippen molar-refractivity contribution >= 4 is 852 Å². The summed E-state index contributed by atoms with van der Waals surface area (Å²) in [7, 11) is 0. The summed E-state index contributed by atoms with van der Waals surface area (Å²) in [6.45, 7) is 0. The molecule has 0 N–H and O–H groups in total. The second-order valence-electron chi connectivity index (χ2n) is 11.3. The summed E-state index contributed by atoms with van der Waals surface area (Å²) in [6.07, 6.45) is 0. The summed E-state index contributed by atoms with van der Waals surface area (Å²) in [5.74, 6) is 0. The van der Waals surface area contributed by atoms with Gasteiger partial charge >= 0.3 is 1000 Å². The maximum absolute atomic E-state index is 6.15. The monoisotopic (exact) mass is 4790 g/mol. The van der Waals surface area contributed by atoms with Crippen LogP contribution in [0.1, 0.15) is 0 Å². The van der Waals surface area contributed by atoms with E-state index >= 15 is 0 Å². The molecular weight excluding hydrogens is 4710 g/mol. The topological polar surface area (TPSA) is 498 Å². The van der Waals surface area contributed by atoms with Gasteiger partial charge in [0.1, 0.15) is 0 Å². The minimum absolute atomic E-state index is 0.0478. The van der Waals surface area contributed by atoms with E-state index in [1.807, 2.05) is 0 Å². The van der Waals surface area contributed by atoms with E-state index in [0.29, 0.717) is 0 Å². The van der Waals surface area contributed by atoms with Crippen LogP contribution in [0.4, 0.5) is 0 Å². The molecular formula is H12Ge53O54. The molecule has 0 spiro atoms. The van der Waals surface area contributed by atoms with Crippen LogP contribution in [0.25, 0.3) is 0 Å². The van der Waals surface area contributed by atoms with E-state index in [9.17, 15) is 0 Å². The van der Waals surface area contributed by atoms with Gasteiger partial charge in [0.05, 0.1) is 0 Å². The van der Waals surface area contributed by atoms with Crippen LogP contribution in [0, 0.1) is 0 Å². The van der Waals surface area contributed by atoms with Crippen LogP contribution in [0.5, 0.6) is 0 Å². The van der Waals surface area contributed by atoms with Crippen LogP contribution in [0.15, 0.2) is 0 Å². The summed E-state index contributed by atoms with van der Waals surface area (Å²) >= 11 is -62.6. The Morgan fingerprint density at radius 1 is 0.243 bits per heavy atom. The Balaban J connectivity index is 1.41. The zero-order valence-electron chi connectivity index (χ0n) is 50.5. The summed E-state index contributed by atoms with van der Waals surface area (Å²) in [6, 6.07) is 0. The molecule has 2 aliphatic rings. The van der Waals surface area contributed by atoms with Crippen molar-refractivity contribution in [1.29, 1.82) is 0 Å². The Hall–Kier alpha value is 26.6. The third-order valence-corrected chi connectivity index (χ3v) is 158. The molecule has 92 radical (unpaired) electrons. The van der Waals surface area contributed by atoms with Crippen molar-refractivity contribution in [3.63, 3.8) is 0 Å². The molecule has 0 saturated carbocycles. The van der Waals surface area contributed by atoms with Gasteiger partial charge in [-0.1, -0.05) is 0 Å². The van der Waals surface area contributed by atoms with Gasteiger partial charge in [0.2, 0.25) is 0 Å². The predicted molar refractivity (Wildman–Crippen MR) is 380 cm³/mol. The van der Waals surface area contributed by atoms with Gasteiger partial charge in [-0.05, 0) is 0 Å². The van der Waals surface area contributed by atoms with Crippen molar-refractivity contribution in [3.8, 4) is 0 Å². The Kier molecular flexibility index (Phi) is 131. The first kappa shape index (κ1) is 130. The van der Waals surface area contributed by atoms with Gasteiger partial charge in [-0.3, -0.25) is 0 Å². The maximum atomic E-state index is 6.15. The van der Waals surface area contributed by atoms with Gasteiger partial charge in [-0.2, -0.15) is 0 Å². The van der Waals surface area contributed by atoms with Crippen molar-refractivity contribution in [1.82, 2.24) is 0 Å². The predicted octanol–water partition coefficient (Wildman–Crippen LogP) is -27.1. The number of hydrogen-bond acceptors (Lipinski definition) is 54. The molecule has 0 bridgehead atoms. The standard InChI is InChI=1S/Ge53H12O54/c1-54-8-61-11-63-13-65-19-74-29-84-38-95-49(94-37-83-26-73-14-64-12-62-9-55-2)96-39-85-30-77-25-72-24-76-28-82-36-93-48(91-10-56-3)92-35-81-27-75-20-70-18-71-22-79-32-87-41-98-51-100-43-90-34-89-42-99-50(105-51)97-40-86-31-78-21-68-16-66-15-67-17-69-23-80-33-88-44-101-52-103-45-102-46(57-4)104-47(58-5)106-53(59-6,60-7)107-52/h4-7H3. The molecule has 107 heteroatoms. The molecule has 0 atom stereocenters. The first-order chi connectivity index (χ1) is 52.9. The van der Waals surface area contributed by atoms with Crippen molar-refractivity contribution in [3.05, 3.63) is 0 Å². The van der Waals surface area contributed by atoms with E-state index in [1.54, 1.807) is 50.6 Å². The van der Waals surface area contributed by atoms with Crippen LogP contribution in [-0.4, -0.2) is 852 Å². The average Bonchev–Trinajstić information content (AvgIpc) is 0.841. The third kappa shape index (κ3) is 92.2. The van der Waals surface area contributed by atoms with Crippen LogP contribution in [-0.2, 0) is 151 Å². The summed E-state index contributed by atoms with van der Waals surface area (Å²) in [5, 5.41) is 0. The molecule has 54 nitrogen and oxygen atoms in total. The summed E-state index contributed by atoms with van der Waals surface area (Å²) < 4.78 is 306. The molecule has 0 aliphatic carbocycles. The molecule has 107 heavy (non-hydrogen) atoms. The molecule has 0 aromatic rings. The molecule has 2 saturated heterocycles. The fraction of sp³-hybridized carbons (Fsp3) is 0. The second kappa shape index (κ2) is 108. The molecule has 0 unspecified atom stereocenters. The SMILES string of the molecule is [Ge][O][Ge][O][Ge][O][Ge][O][Ge][O][Ge][O][Ge][O][Ge]([O][Ge][O][Ge][O][Ge][O][Ge][O][Ge][O][Ge])[O][Ge][O][Ge][O][Ge][O][Ge][O][Ge][O][Ge][O][Ge]([O][Ge][O][Ge])[O][Ge][O][Ge][O][Ge][O][Ge][O][Ge][O][Ge][O][Ge][O][Ge]1[O][Ge][O][Ge][O][Ge][O][Ge]([O][Ge][O][Ge][O][Ge][O][Ge][O][Ge][O][Ge][O][Ge][O][Ge][O][Ge][O][Ge]2[O][Ge][O][Ge]([O][GeH3])[O][Ge]([O][GeH3])[O][Ge]([O][GeH3])([O][GeH3])[O]2)[O]1. The minimum atomic E-state index is -4.05. The van der Waals surface area contributed by atoms with Gasteiger partial charge < -0.3 is 0 Å². The third-order valence-electron chi connectivity index (χ3n) is 5.83. The molecule has 548 valence electrons.